The number of halogens is 1. The molecular formula is C24H20ClN3O2S. The van der Waals surface area contributed by atoms with E-state index in [9.17, 15) is 9.59 Å². The van der Waals surface area contributed by atoms with Gasteiger partial charge in [-0.3, -0.25) is 9.59 Å². The molecule has 4 rings (SSSR count). The van der Waals surface area contributed by atoms with Crippen molar-refractivity contribution in [3.63, 3.8) is 0 Å². The third-order valence-electron chi connectivity index (χ3n) is 4.91. The van der Waals surface area contributed by atoms with E-state index in [1.807, 2.05) is 72.3 Å². The molecule has 0 radical (unpaired) electrons. The summed E-state index contributed by atoms with van der Waals surface area (Å²) < 4.78 is 1.82. The minimum Gasteiger partial charge on any atom is -0.340 e. The number of thiazole rings is 1. The SMILES string of the molecule is Cc1cc(=O)cc(C)n1CC(=O)Nc1cccc(-c2csc(-c3ccccc3Cl)n2)c1. The van der Waals surface area contributed by atoms with Gasteiger partial charge in [0.1, 0.15) is 11.6 Å². The molecule has 2 aromatic heterocycles. The zero-order valence-electron chi connectivity index (χ0n) is 17.1. The van der Waals surface area contributed by atoms with Crippen molar-refractivity contribution in [1.82, 2.24) is 9.55 Å². The van der Waals surface area contributed by atoms with E-state index in [0.29, 0.717) is 10.7 Å². The largest absolute Gasteiger partial charge is 0.340 e. The van der Waals surface area contributed by atoms with Gasteiger partial charge in [0.05, 0.1) is 10.7 Å². The number of aromatic nitrogens is 2. The minimum atomic E-state index is -0.165. The minimum absolute atomic E-state index is 0.0567. The Hall–Kier alpha value is -3.22. The average molecular weight is 450 g/mol. The van der Waals surface area contributed by atoms with Crippen LogP contribution in [0.2, 0.25) is 5.02 Å². The fourth-order valence-electron chi connectivity index (χ4n) is 3.40. The third-order valence-corrected chi connectivity index (χ3v) is 6.11. The third kappa shape index (κ3) is 4.76. The van der Waals surface area contributed by atoms with Gasteiger partial charge in [0, 0.05) is 45.7 Å². The molecule has 5 nitrogen and oxygen atoms in total. The Balaban J connectivity index is 1.52. The lowest BCUT2D eigenvalue weighted by Crippen LogP contribution is -2.23. The normalized spacial score (nSPS) is 10.8. The number of rotatable bonds is 5. The highest BCUT2D eigenvalue weighted by Crippen LogP contribution is 2.33. The number of amides is 1. The lowest BCUT2D eigenvalue weighted by Gasteiger charge is -2.14. The summed E-state index contributed by atoms with van der Waals surface area (Å²) in [7, 11) is 0. The van der Waals surface area contributed by atoms with Crippen LogP contribution in [0.25, 0.3) is 21.8 Å². The molecular weight excluding hydrogens is 430 g/mol. The first-order chi connectivity index (χ1) is 14.9. The Bertz CT molecular complexity index is 1300. The van der Waals surface area contributed by atoms with Crippen LogP contribution in [0.1, 0.15) is 11.4 Å². The van der Waals surface area contributed by atoms with Crippen molar-refractivity contribution in [3.8, 4) is 21.8 Å². The van der Waals surface area contributed by atoms with Gasteiger partial charge < -0.3 is 9.88 Å². The van der Waals surface area contributed by atoms with E-state index in [1.165, 1.54) is 23.5 Å². The van der Waals surface area contributed by atoms with Crippen LogP contribution in [-0.2, 0) is 11.3 Å². The Labute approximate surface area is 189 Å². The smallest absolute Gasteiger partial charge is 0.244 e. The number of carbonyl (C=O) groups excluding carboxylic acids is 1. The van der Waals surface area contributed by atoms with E-state index in [4.69, 9.17) is 16.6 Å². The molecule has 0 aliphatic rings. The van der Waals surface area contributed by atoms with Crippen molar-refractivity contribution in [3.05, 3.63) is 92.7 Å². The van der Waals surface area contributed by atoms with Crippen LogP contribution < -0.4 is 10.7 Å². The van der Waals surface area contributed by atoms with Crippen LogP contribution in [0.15, 0.2) is 70.8 Å². The summed E-state index contributed by atoms with van der Waals surface area (Å²) in [6.45, 7) is 3.78. The maximum atomic E-state index is 12.6. The van der Waals surface area contributed by atoms with Crippen molar-refractivity contribution in [2.24, 2.45) is 0 Å². The van der Waals surface area contributed by atoms with Crippen molar-refractivity contribution < 1.29 is 4.79 Å². The second kappa shape index (κ2) is 8.88. The number of nitrogens with one attached hydrogen (secondary N) is 1. The van der Waals surface area contributed by atoms with Gasteiger partial charge in [-0.15, -0.1) is 11.3 Å². The summed E-state index contributed by atoms with van der Waals surface area (Å²) in [5.74, 6) is -0.165. The zero-order chi connectivity index (χ0) is 22.0. The molecule has 0 unspecified atom stereocenters. The summed E-state index contributed by atoms with van der Waals surface area (Å²) in [6, 6.07) is 18.3. The molecule has 31 heavy (non-hydrogen) atoms. The standard InChI is InChI=1S/C24H20ClN3O2S/c1-15-10-19(29)11-16(2)28(15)13-23(30)26-18-7-5-6-17(12-18)22-14-31-24(27-22)20-8-3-4-9-21(20)25/h3-12,14H,13H2,1-2H3,(H,26,30). The molecule has 156 valence electrons. The van der Waals surface area contributed by atoms with E-state index >= 15 is 0 Å². The molecule has 0 fully saturated rings. The lowest BCUT2D eigenvalue weighted by atomic mass is 10.1. The quantitative estimate of drug-likeness (QED) is 0.434. The van der Waals surface area contributed by atoms with Crippen LogP contribution in [0.5, 0.6) is 0 Å². The molecule has 4 aromatic rings. The maximum absolute atomic E-state index is 12.6. The monoisotopic (exact) mass is 449 g/mol. The van der Waals surface area contributed by atoms with Crippen LogP contribution in [0.3, 0.4) is 0 Å². The molecule has 0 aliphatic carbocycles. The molecule has 0 spiro atoms. The Morgan fingerprint density at radius 2 is 1.81 bits per heavy atom. The number of nitrogens with zero attached hydrogens (tertiary/aromatic N) is 2. The van der Waals surface area contributed by atoms with Gasteiger partial charge in [-0.25, -0.2) is 4.98 Å². The van der Waals surface area contributed by atoms with Gasteiger partial charge >= 0.3 is 0 Å². The predicted molar refractivity (Wildman–Crippen MR) is 127 cm³/mol. The molecule has 0 aliphatic heterocycles. The highest BCUT2D eigenvalue weighted by Gasteiger charge is 2.11. The van der Waals surface area contributed by atoms with Gasteiger partial charge in [-0.2, -0.15) is 0 Å². The molecule has 0 saturated carbocycles. The topological polar surface area (TPSA) is 64.0 Å². The van der Waals surface area contributed by atoms with Crippen molar-refractivity contribution in [2.45, 2.75) is 20.4 Å². The van der Waals surface area contributed by atoms with Crippen molar-refractivity contribution >= 4 is 34.5 Å². The van der Waals surface area contributed by atoms with E-state index in [2.05, 4.69) is 5.32 Å². The second-order valence-electron chi connectivity index (χ2n) is 7.21. The van der Waals surface area contributed by atoms with Crippen molar-refractivity contribution in [1.29, 1.82) is 0 Å². The van der Waals surface area contributed by atoms with E-state index in [0.717, 1.165) is 33.2 Å². The number of hydrogen-bond donors (Lipinski definition) is 1. The molecule has 1 N–H and O–H groups in total. The van der Waals surface area contributed by atoms with Crippen LogP contribution >= 0.6 is 22.9 Å². The molecule has 1 amide bonds. The maximum Gasteiger partial charge on any atom is 0.244 e. The van der Waals surface area contributed by atoms with E-state index in [1.54, 1.807) is 0 Å². The number of hydrogen-bond acceptors (Lipinski definition) is 4. The zero-order valence-corrected chi connectivity index (χ0v) is 18.6. The summed E-state index contributed by atoms with van der Waals surface area (Å²) in [6.07, 6.45) is 0. The summed E-state index contributed by atoms with van der Waals surface area (Å²) in [5.41, 5.74) is 4.76. The number of pyridine rings is 1. The fraction of sp³-hybridized carbons (Fsp3) is 0.125. The van der Waals surface area contributed by atoms with Crippen molar-refractivity contribution in [2.75, 3.05) is 5.32 Å². The van der Waals surface area contributed by atoms with Gasteiger partial charge in [-0.05, 0) is 32.0 Å². The highest BCUT2D eigenvalue weighted by molar-refractivity contribution is 7.13. The average Bonchev–Trinajstić information content (AvgIpc) is 3.21. The summed E-state index contributed by atoms with van der Waals surface area (Å²) >= 11 is 7.82. The Kier molecular flexibility index (Phi) is 6.02. The van der Waals surface area contributed by atoms with Gasteiger partial charge in [-0.1, -0.05) is 41.9 Å². The molecule has 2 aromatic carbocycles. The lowest BCUT2D eigenvalue weighted by molar-refractivity contribution is -0.116. The summed E-state index contributed by atoms with van der Waals surface area (Å²) in [4.78, 5) is 28.9. The Morgan fingerprint density at radius 1 is 1.06 bits per heavy atom. The predicted octanol–water partition coefficient (Wildman–Crippen LogP) is 5.55. The molecule has 7 heteroatoms. The van der Waals surface area contributed by atoms with Crippen LogP contribution in [0.4, 0.5) is 5.69 Å². The second-order valence-corrected chi connectivity index (χ2v) is 8.47. The van der Waals surface area contributed by atoms with E-state index < -0.39 is 0 Å². The molecule has 0 saturated heterocycles. The van der Waals surface area contributed by atoms with Gasteiger partial charge in [0.15, 0.2) is 5.43 Å². The first kappa shape index (κ1) is 21.0. The first-order valence-electron chi connectivity index (χ1n) is 9.69. The number of benzene rings is 2. The first-order valence-corrected chi connectivity index (χ1v) is 11.0. The van der Waals surface area contributed by atoms with Gasteiger partial charge in [0.2, 0.25) is 5.91 Å². The molecule has 0 bridgehead atoms. The Morgan fingerprint density at radius 3 is 2.55 bits per heavy atom. The van der Waals surface area contributed by atoms with Gasteiger partial charge in [0.25, 0.3) is 0 Å². The number of anilines is 1. The van der Waals surface area contributed by atoms with E-state index in [-0.39, 0.29) is 17.9 Å². The van der Waals surface area contributed by atoms with Crippen LogP contribution in [-0.4, -0.2) is 15.5 Å². The molecule has 2 heterocycles. The fourth-order valence-corrected chi connectivity index (χ4v) is 4.55. The highest BCUT2D eigenvalue weighted by atomic mass is 35.5. The van der Waals surface area contributed by atoms with Crippen LogP contribution in [0, 0.1) is 13.8 Å². The molecule has 0 atom stereocenters. The summed E-state index contributed by atoms with van der Waals surface area (Å²) in [5, 5.41) is 6.42. The number of carbonyl (C=O) groups is 1. The number of aryl methyl sites for hydroxylation is 2.